The van der Waals surface area contributed by atoms with Gasteiger partial charge in [0.25, 0.3) is 0 Å². The molecule has 96 valence electrons. The van der Waals surface area contributed by atoms with Crippen LogP contribution in [0, 0.1) is 6.92 Å². The maximum absolute atomic E-state index is 6.03. The van der Waals surface area contributed by atoms with Crippen LogP contribution in [0.1, 0.15) is 30.8 Å². The van der Waals surface area contributed by atoms with Gasteiger partial charge in [0.05, 0.1) is 18.0 Å². The summed E-state index contributed by atoms with van der Waals surface area (Å²) < 4.78 is 7.81. The Kier molecular flexibility index (Phi) is 2.99. The van der Waals surface area contributed by atoms with Gasteiger partial charge in [-0.1, -0.05) is 0 Å². The topological polar surface area (TPSA) is 39.9 Å². The molecule has 2 atom stereocenters. The number of imidazole rings is 1. The smallest absolute Gasteiger partial charge is 0.160 e. The fourth-order valence-electron chi connectivity index (χ4n) is 2.66. The molecule has 3 heterocycles. The van der Waals surface area contributed by atoms with Crippen LogP contribution in [0.5, 0.6) is 0 Å². The maximum atomic E-state index is 6.03. The number of aryl methyl sites for hydroxylation is 1. The number of alkyl halides is 1. The van der Waals surface area contributed by atoms with E-state index in [2.05, 4.69) is 21.5 Å². The third-order valence-electron chi connectivity index (χ3n) is 3.64. The van der Waals surface area contributed by atoms with E-state index in [-0.39, 0.29) is 12.1 Å². The minimum atomic E-state index is 0.187. The standard InChI is InChI=1S/C13H16ClN3O/c1-8-3-5-15-13-12(8)16-11(7-14)17(13)10-4-6-18-9(10)2/h3,5,9-10H,4,6-7H2,1-2H3. The Balaban J connectivity index is 2.22. The third kappa shape index (κ3) is 1.71. The van der Waals surface area contributed by atoms with Gasteiger partial charge in [-0.3, -0.25) is 0 Å². The first-order valence-corrected chi connectivity index (χ1v) is 6.76. The van der Waals surface area contributed by atoms with Gasteiger partial charge in [-0.15, -0.1) is 11.6 Å². The second-order valence-corrected chi connectivity index (χ2v) is 5.03. The zero-order chi connectivity index (χ0) is 12.7. The minimum absolute atomic E-state index is 0.187. The average Bonchev–Trinajstić information content (AvgIpc) is 2.93. The second-order valence-electron chi connectivity index (χ2n) is 4.76. The van der Waals surface area contributed by atoms with E-state index in [4.69, 9.17) is 16.3 Å². The molecule has 2 aromatic rings. The first-order valence-electron chi connectivity index (χ1n) is 6.22. The fourth-order valence-corrected chi connectivity index (χ4v) is 2.85. The number of nitrogens with zero attached hydrogens (tertiary/aromatic N) is 3. The number of fused-ring (bicyclic) bond motifs is 1. The predicted octanol–water partition coefficient (Wildman–Crippen LogP) is 2.83. The Morgan fingerprint density at radius 1 is 1.56 bits per heavy atom. The van der Waals surface area contributed by atoms with Gasteiger partial charge in [0.1, 0.15) is 11.3 Å². The number of halogens is 1. The van der Waals surface area contributed by atoms with Gasteiger partial charge < -0.3 is 9.30 Å². The molecule has 2 aromatic heterocycles. The summed E-state index contributed by atoms with van der Waals surface area (Å²) in [5.41, 5.74) is 3.01. The molecule has 0 spiro atoms. The SMILES string of the molecule is Cc1ccnc2c1nc(CCl)n2C1CCOC1C. The molecule has 1 aliphatic heterocycles. The predicted molar refractivity (Wildman–Crippen MR) is 70.9 cm³/mol. The largest absolute Gasteiger partial charge is 0.376 e. The summed E-state index contributed by atoms with van der Waals surface area (Å²) in [6.07, 6.45) is 3.01. The van der Waals surface area contributed by atoms with Gasteiger partial charge in [0, 0.05) is 12.8 Å². The first kappa shape index (κ1) is 11.9. The van der Waals surface area contributed by atoms with Crippen molar-refractivity contribution in [1.29, 1.82) is 0 Å². The maximum Gasteiger partial charge on any atom is 0.160 e. The summed E-state index contributed by atoms with van der Waals surface area (Å²) in [6.45, 7) is 4.93. The van der Waals surface area contributed by atoms with Crippen LogP contribution in [-0.4, -0.2) is 27.2 Å². The molecule has 0 N–H and O–H groups in total. The molecule has 0 amide bonds. The molecule has 1 fully saturated rings. The molecule has 1 saturated heterocycles. The number of hydrogen-bond acceptors (Lipinski definition) is 3. The third-order valence-corrected chi connectivity index (χ3v) is 3.88. The van der Waals surface area contributed by atoms with Gasteiger partial charge in [-0.05, 0) is 31.9 Å². The fraction of sp³-hybridized carbons (Fsp3) is 0.538. The number of ether oxygens (including phenoxy) is 1. The number of hydrogen-bond donors (Lipinski definition) is 0. The van der Waals surface area contributed by atoms with Crippen molar-refractivity contribution >= 4 is 22.8 Å². The van der Waals surface area contributed by atoms with E-state index in [1.807, 2.05) is 19.2 Å². The molecule has 1 aliphatic rings. The van der Waals surface area contributed by atoms with Crippen LogP contribution in [0.2, 0.25) is 0 Å². The van der Waals surface area contributed by atoms with Crippen molar-refractivity contribution in [2.45, 2.75) is 38.3 Å². The lowest BCUT2D eigenvalue weighted by atomic mass is 10.1. The molecule has 0 bridgehead atoms. The molecule has 0 aromatic carbocycles. The Morgan fingerprint density at radius 3 is 3.06 bits per heavy atom. The zero-order valence-electron chi connectivity index (χ0n) is 10.6. The minimum Gasteiger partial charge on any atom is -0.376 e. The lowest BCUT2D eigenvalue weighted by Gasteiger charge is -2.18. The molecule has 5 heteroatoms. The van der Waals surface area contributed by atoms with Gasteiger partial charge in [-0.2, -0.15) is 0 Å². The van der Waals surface area contributed by atoms with Gasteiger partial charge >= 0.3 is 0 Å². The van der Waals surface area contributed by atoms with E-state index in [1.165, 1.54) is 0 Å². The first-order chi connectivity index (χ1) is 8.72. The van der Waals surface area contributed by atoms with Crippen molar-refractivity contribution in [3.05, 3.63) is 23.7 Å². The van der Waals surface area contributed by atoms with Crippen LogP contribution >= 0.6 is 11.6 Å². The highest BCUT2D eigenvalue weighted by atomic mass is 35.5. The van der Waals surface area contributed by atoms with Crippen molar-refractivity contribution in [2.75, 3.05) is 6.61 Å². The van der Waals surface area contributed by atoms with E-state index in [9.17, 15) is 0 Å². The Hall–Kier alpha value is -1.13. The molecule has 0 aliphatic carbocycles. The van der Waals surface area contributed by atoms with Crippen LogP contribution in [0.3, 0.4) is 0 Å². The van der Waals surface area contributed by atoms with E-state index >= 15 is 0 Å². The lowest BCUT2D eigenvalue weighted by molar-refractivity contribution is 0.108. The summed E-state index contributed by atoms with van der Waals surface area (Å²) in [7, 11) is 0. The molecule has 18 heavy (non-hydrogen) atoms. The summed E-state index contributed by atoms with van der Waals surface area (Å²) in [4.78, 5) is 9.10. The molecule has 3 rings (SSSR count). The van der Waals surface area contributed by atoms with Crippen LogP contribution in [0.15, 0.2) is 12.3 Å². The second kappa shape index (κ2) is 4.52. The molecule has 4 nitrogen and oxygen atoms in total. The molecular weight excluding hydrogens is 250 g/mol. The summed E-state index contributed by atoms with van der Waals surface area (Å²) >= 11 is 6.03. The van der Waals surface area contributed by atoms with Crippen LogP contribution < -0.4 is 0 Å². The molecule has 0 radical (unpaired) electrons. The number of rotatable bonds is 2. The summed E-state index contributed by atoms with van der Waals surface area (Å²) in [6, 6.07) is 2.27. The Morgan fingerprint density at radius 2 is 2.39 bits per heavy atom. The van der Waals surface area contributed by atoms with Crippen molar-refractivity contribution in [3.8, 4) is 0 Å². The van der Waals surface area contributed by atoms with E-state index in [0.29, 0.717) is 5.88 Å². The highest BCUT2D eigenvalue weighted by Gasteiger charge is 2.29. The van der Waals surface area contributed by atoms with E-state index in [0.717, 1.165) is 35.6 Å². The van der Waals surface area contributed by atoms with Crippen molar-refractivity contribution in [3.63, 3.8) is 0 Å². The van der Waals surface area contributed by atoms with Crippen molar-refractivity contribution in [1.82, 2.24) is 14.5 Å². The van der Waals surface area contributed by atoms with Crippen LogP contribution in [0.25, 0.3) is 11.2 Å². The average molecular weight is 266 g/mol. The van der Waals surface area contributed by atoms with Crippen molar-refractivity contribution in [2.24, 2.45) is 0 Å². The van der Waals surface area contributed by atoms with Gasteiger partial charge in [0.2, 0.25) is 0 Å². The highest BCUT2D eigenvalue weighted by molar-refractivity contribution is 6.16. The molecular formula is C13H16ClN3O. The van der Waals surface area contributed by atoms with Gasteiger partial charge in [0.15, 0.2) is 5.65 Å². The number of pyridine rings is 1. The lowest BCUT2D eigenvalue weighted by Crippen LogP contribution is -2.19. The monoisotopic (exact) mass is 265 g/mol. The zero-order valence-corrected chi connectivity index (χ0v) is 11.3. The van der Waals surface area contributed by atoms with Crippen LogP contribution in [0.4, 0.5) is 0 Å². The Labute approximate surface area is 111 Å². The van der Waals surface area contributed by atoms with Crippen molar-refractivity contribution < 1.29 is 4.74 Å². The van der Waals surface area contributed by atoms with E-state index < -0.39 is 0 Å². The van der Waals surface area contributed by atoms with Crippen LogP contribution in [-0.2, 0) is 10.6 Å². The summed E-state index contributed by atoms with van der Waals surface area (Å²) in [5.74, 6) is 1.29. The normalized spacial score (nSPS) is 23.9. The number of aromatic nitrogens is 3. The van der Waals surface area contributed by atoms with Gasteiger partial charge in [-0.25, -0.2) is 9.97 Å². The summed E-state index contributed by atoms with van der Waals surface area (Å²) in [5, 5.41) is 0. The highest BCUT2D eigenvalue weighted by Crippen LogP contribution is 2.31. The van der Waals surface area contributed by atoms with E-state index in [1.54, 1.807) is 0 Å². The Bertz CT molecular complexity index is 581. The molecule has 0 saturated carbocycles. The quantitative estimate of drug-likeness (QED) is 0.784. The molecule has 2 unspecified atom stereocenters.